The molecule has 0 radical (unpaired) electrons. The van der Waals surface area contributed by atoms with Crippen LogP contribution in [0.5, 0.6) is 0 Å². The van der Waals surface area contributed by atoms with Crippen LogP contribution in [0.4, 0.5) is 0 Å². The highest BCUT2D eigenvalue weighted by Crippen LogP contribution is 2.26. The average Bonchev–Trinajstić information content (AvgIpc) is 2.45. The average molecular weight is 249 g/mol. The van der Waals surface area contributed by atoms with Gasteiger partial charge in [0.15, 0.2) is 0 Å². The fourth-order valence-electron chi connectivity index (χ4n) is 2.00. The number of hydrogen-bond acceptors (Lipinski definition) is 3. The largest absolute Gasteiger partial charge is 0.481 e. The predicted octanol–water partition coefficient (Wildman–Crippen LogP) is 0.625. The summed E-state index contributed by atoms with van der Waals surface area (Å²) < 4.78 is 25.1. The SMILES string of the molecule is CC(C)CS(=O)(=O)N1C[C@@H](C)[C@H](C(=O)O)C1. The lowest BCUT2D eigenvalue weighted by Gasteiger charge is -2.17. The second-order valence-corrected chi connectivity index (χ2v) is 6.92. The van der Waals surface area contributed by atoms with Crippen LogP contribution in [0.25, 0.3) is 0 Å². The third-order valence-electron chi connectivity index (χ3n) is 2.83. The van der Waals surface area contributed by atoms with E-state index in [0.717, 1.165) is 0 Å². The zero-order valence-corrected chi connectivity index (χ0v) is 10.7. The number of rotatable bonds is 4. The molecule has 0 spiro atoms. The van der Waals surface area contributed by atoms with Crippen molar-refractivity contribution in [3.8, 4) is 0 Å². The van der Waals surface area contributed by atoms with Gasteiger partial charge in [-0.05, 0) is 11.8 Å². The molecule has 0 saturated carbocycles. The Morgan fingerprint density at radius 2 is 2.00 bits per heavy atom. The molecule has 0 aromatic heterocycles. The highest BCUT2D eigenvalue weighted by molar-refractivity contribution is 7.89. The lowest BCUT2D eigenvalue weighted by atomic mass is 9.99. The van der Waals surface area contributed by atoms with Crippen molar-refractivity contribution in [2.24, 2.45) is 17.8 Å². The summed E-state index contributed by atoms with van der Waals surface area (Å²) in [5.41, 5.74) is 0. The molecule has 6 heteroatoms. The molecule has 0 aliphatic carbocycles. The molecule has 0 aromatic rings. The Bertz CT molecular complexity index is 363. The Morgan fingerprint density at radius 3 is 2.38 bits per heavy atom. The first-order valence-corrected chi connectivity index (χ1v) is 7.05. The predicted molar refractivity (Wildman–Crippen MR) is 60.5 cm³/mol. The molecule has 1 N–H and O–H groups in total. The molecule has 1 aliphatic rings. The minimum absolute atomic E-state index is 0.0594. The molecule has 1 rings (SSSR count). The Morgan fingerprint density at radius 1 is 1.44 bits per heavy atom. The molecule has 2 atom stereocenters. The third kappa shape index (κ3) is 2.95. The van der Waals surface area contributed by atoms with E-state index in [1.54, 1.807) is 6.92 Å². The number of carboxylic acids is 1. The molecule has 1 aliphatic heterocycles. The van der Waals surface area contributed by atoms with Gasteiger partial charge in [-0.1, -0.05) is 20.8 Å². The molecule has 94 valence electrons. The van der Waals surface area contributed by atoms with Gasteiger partial charge in [-0.25, -0.2) is 12.7 Å². The summed E-state index contributed by atoms with van der Waals surface area (Å²) in [6.45, 7) is 5.90. The summed E-state index contributed by atoms with van der Waals surface area (Å²) in [5, 5.41) is 8.93. The maximum Gasteiger partial charge on any atom is 0.308 e. The summed E-state index contributed by atoms with van der Waals surface area (Å²) >= 11 is 0. The van der Waals surface area contributed by atoms with Crippen LogP contribution in [0.3, 0.4) is 0 Å². The molecule has 0 unspecified atom stereocenters. The smallest absolute Gasteiger partial charge is 0.308 e. The van der Waals surface area contributed by atoms with Crippen molar-refractivity contribution in [2.45, 2.75) is 20.8 Å². The van der Waals surface area contributed by atoms with Crippen molar-refractivity contribution in [1.82, 2.24) is 4.31 Å². The fraction of sp³-hybridized carbons (Fsp3) is 0.900. The van der Waals surface area contributed by atoms with Crippen molar-refractivity contribution < 1.29 is 18.3 Å². The van der Waals surface area contributed by atoms with Crippen LogP contribution in [0, 0.1) is 17.8 Å². The Kier molecular flexibility index (Phi) is 3.96. The Labute approximate surface area is 96.5 Å². The summed E-state index contributed by atoms with van der Waals surface area (Å²) in [5.74, 6) is -1.44. The molecule has 0 bridgehead atoms. The summed E-state index contributed by atoms with van der Waals surface area (Å²) in [7, 11) is -3.29. The molecule has 1 heterocycles. The van der Waals surface area contributed by atoms with E-state index < -0.39 is 21.9 Å². The van der Waals surface area contributed by atoms with Gasteiger partial charge < -0.3 is 5.11 Å². The number of nitrogens with zero attached hydrogens (tertiary/aromatic N) is 1. The number of aliphatic carboxylic acids is 1. The molecule has 0 aromatic carbocycles. The van der Waals surface area contributed by atoms with Gasteiger partial charge in [0.25, 0.3) is 0 Å². The van der Waals surface area contributed by atoms with Crippen molar-refractivity contribution in [3.05, 3.63) is 0 Å². The Balaban J connectivity index is 2.75. The maximum atomic E-state index is 11.9. The number of sulfonamides is 1. The monoisotopic (exact) mass is 249 g/mol. The first-order chi connectivity index (χ1) is 7.24. The Hall–Kier alpha value is -0.620. The van der Waals surface area contributed by atoms with E-state index in [1.807, 2.05) is 13.8 Å². The number of carboxylic acid groups (broad SMARTS) is 1. The van der Waals surface area contributed by atoms with E-state index in [2.05, 4.69) is 0 Å². The lowest BCUT2D eigenvalue weighted by Crippen LogP contribution is -2.33. The van der Waals surface area contributed by atoms with Crippen LogP contribution < -0.4 is 0 Å². The summed E-state index contributed by atoms with van der Waals surface area (Å²) in [4.78, 5) is 10.9. The minimum atomic E-state index is -3.29. The van der Waals surface area contributed by atoms with Gasteiger partial charge in [0.1, 0.15) is 0 Å². The van der Waals surface area contributed by atoms with Crippen LogP contribution in [0.15, 0.2) is 0 Å². The van der Waals surface area contributed by atoms with Gasteiger partial charge in [0, 0.05) is 13.1 Å². The van der Waals surface area contributed by atoms with E-state index in [1.165, 1.54) is 4.31 Å². The minimum Gasteiger partial charge on any atom is -0.481 e. The highest BCUT2D eigenvalue weighted by Gasteiger charge is 2.39. The van der Waals surface area contributed by atoms with Gasteiger partial charge >= 0.3 is 5.97 Å². The van der Waals surface area contributed by atoms with Crippen molar-refractivity contribution >= 4 is 16.0 Å². The van der Waals surface area contributed by atoms with Crippen LogP contribution in [-0.4, -0.2) is 42.6 Å². The van der Waals surface area contributed by atoms with Gasteiger partial charge in [-0.3, -0.25) is 4.79 Å². The van der Waals surface area contributed by atoms with Crippen molar-refractivity contribution in [1.29, 1.82) is 0 Å². The quantitative estimate of drug-likeness (QED) is 0.792. The van der Waals surface area contributed by atoms with Crippen molar-refractivity contribution in [3.63, 3.8) is 0 Å². The highest BCUT2D eigenvalue weighted by atomic mass is 32.2. The molecular weight excluding hydrogens is 230 g/mol. The van der Waals surface area contributed by atoms with Crippen LogP contribution in [-0.2, 0) is 14.8 Å². The van der Waals surface area contributed by atoms with Gasteiger partial charge in [-0.2, -0.15) is 0 Å². The second kappa shape index (κ2) is 4.71. The van der Waals surface area contributed by atoms with Gasteiger partial charge in [0.05, 0.1) is 11.7 Å². The summed E-state index contributed by atoms with van der Waals surface area (Å²) in [6.07, 6.45) is 0. The zero-order chi connectivity index (χ0) is 12.5. The normalized spacial score (nSPS) is 27.5. The van der Waals surface area contributed by atoms with E-state index in [-0.39, 0.29) is 24.1 Å². The number of hydrogen-bond donors (Lipinski definition) is 1. The van der Waals surface area contributed by atoms with Crippen molar-refractivity contribution in [2.75, 3.05) is 18.8 Å². The van der Waals surface area contributed by atoms with Gasteiger partial charge in [-0.15, -0.1) is 0 Å². The molecule has 16 heavy (non-hydrogen) atoms. The second-order valence-electron chi connectivity index (χ2n) is 4.91. The zero-order valence-electron chi connectivity index (χ0n) is 9.88. The van der Waals surface area contributed by atoms with E-state index in [0.29, 0.717) is 6.54 Å². The first-order valence-electron chi connectivity index (χ1n) is 5.44. The molecular formula is C10H19NO4S. The standard InChI is InChI=1S/C10H19NO4S/c1-7(2)6-16(14,15)11-4-8(3)9(5-11)10(12)13/h7-9H,4-6H2,1-3H3,(H,12,13)/t8-,9-/m1/s1. The molecule has 0 amide bonds. The summed E-state index contributed by atoms with van der Waals surface area (Å²) in [6, 6.07) is 0. The van der Waals surface area contributed by atoms with Gasteiger partial charge in [0.2, 0.25) is 10.0 Å². The fourth-order valence-corrected chi connectivity index (χ4v) is 3.90. The topological polar surface area (TPSA) is 74.7 Å². The van der Waals surface area contributed by atoms with Crippen LogP contribution in [0.2, 0.25) is 0 Å². The van der Waals surface area contributed by atoms with E-state index >= 15 is 0 Å². The lowest BCUT2D eigenvalue weighted by molar-refractivity contribution is -0.142. The number of carbonyl (C=O) groups is 1. The first kappa shape index (κ1) is 13.4. The molecule has 1 saturated heterocycles. The molecule has 5 nitrogen and oxygen atoms in total. The molecule has 1 fully saturated rings. The van der Waals surface area contributed by atoms with E-state index in [4.69, 9.17) is 5.11 Å². The third-order valence-corrected chi connectivity index (χ3v) is 5.01. The van der Waals surface area contributed by atoms with Crippen LogP contribution >= 0.6 is 0 Å². The maximum absolute atomic E-state index is 11.9. The van der Waals surface area contributed by atoms with E-state index in [9.17, 15) is 13.2 Å². The van der Waals surface area contributed by atoms with Crippen LogP contribution in [0.1, 0.15) is 20.8 Å².